The van der Waals surface area contributed by atoms with Crippen molar-refractivity contribution in [2.75, 3.05) is 37.7 Å². The maximum absolute atomic E-state index is 12.9. The highest BCUT2D eigenvalue weighted by Gasteiger charge is 2.20. The molecule has 0 bridgehead atoms. The van der Waals surface area contributed by atoms with Crippen molar-refractivity contribution in [3.05, 3.63) is 64.1 Å². The Morgan fingerprint density at radius 3 is 2.69 bits per heavy atom. The molecule has 1 saturated heterocycles. The molecule has 0 spiro atoms. The lowest BCUT2D eigenvalue weighted by Crippen LogP contribution is -2.44. The fourth-order valence-corrected chi connectivity index (χ4v) is 3.44. The van der Waals surface area contributed by atoms with Crippen molar-refractivity contribution in [3.63, 3.8) is 0 Å². The number of hydrogen-bond donors (Lipinski definition) is 1. The van der Waals surface area contributed by atoms with E-state index in [1.54, 1.807) is 13.1 Å². The second kappa shape index (κ2) is 8.40. The Balaban J connectivity index is 1.85. The molecule has 3 heterocycles. The summed E-state index contributed by atoms with van der Waals surface area (Å²) in [5.74, 6) is -0.0449. The predicted molar refractivity (Wildman–Crippen MR) is 110 cm³/mol. The van der Waals surface area contributed by atoms with Crippen LogP contribution in [0.5, 0.6) is 0 Å². The van der Waals surface area contributed by atoms with Crippen LogP contribution in [0.25, 0.3) is 11.0 Å². The van der Waals surface area contributed by atoms with E-state index >= 15 is 0 Å². The molecule has 0 amide bonds. The molecule has 0 unspecified atom stereocenters. The van der Waals surface area contributed by atoms with Gasteiger partial charge in [0.25, 0.3) is 0 Å². The van der Waals surface area contributed by atoms with Gasteiger partial charge in [-0.25, -0.2) is 9.78 Å². The number of ether oxygens (including phenoxy) is 1. The summed E-state index contributed by atoms with van der Waals surface area (Å²) in [6.07, 6.45) is 3.07. The summed E-state index contributed by atoms with van der Waals surface area (Å²) < 4.78 is 6.90. The van der Waals surface area contributed by atoms with Gasteiger partial charge in [0.05, 0.1) is 12.0 Å². The fourth-order valence-electron chi connectivity index (χ4n) is 3.44. The van der Waals surface area contributed by atoms with Crippen LogP contribution in [0.3, 0.4) is 0 Å². The molecule has 1 aliphatic rings. The third-order valence-corrected chi connectivity index (χ3v) is 4.89. The summed E-state index contributed by atoms with van der Waals surface area (Å²) in [4.78, 5) is 36.5. The van der Waals surface area contributed by atoms with Gasteiger partial charge in [-0.2, -0.15) is 4.98 Å². The number of carbonyl (C=O) groups is 1. The van der Waals surface area contributed by atoms with Gasteiger partial charge in [-0.05, 0) is 12.5 Å². The lowest BCUT2D eigenvalue weighted by Gasteiger charge is -2.27. The van der Waals surface area contributed by atoms with Gasteiger partial charge in [-0.15, -0.1) is 0 Å². The molecule has 2 aromatic heterocycles. The Morgan fingerprint density at radius 2 is 1.97 bits per heavy atom. The van der Waals surface area contributed by atoms with E-state index < -0.39 is 11.4 Å². The average molecular weight is 393 g/mol. The number of fused-ring (bicyclic) bond motifs is 1. The van der Waals surface area contributed by atoms with Crippen LogP contribution >= 0.6 is 0 Å². The molecule has 4 rings (SSSR count). The highest BCUT2D eigenvalue weighted by Crippen LogP contribution is 2.16. The van der Waals surface area contributed by atoms with Gasteiger partial charge >= 0.3 is 5.97 Å². The van der Waals surface area contributed by atoms with Crippen molar-refractivity contribution >= 4 is 23.0 Å². The Morgan fingerprint density at radius 1 is 1.21 bits per heavy atom. The minimum absolute atomic E-state index is 0.00574. The second-order valence-corrected chi connectivity index (χ2v) is 6.85. The minimum Gasteiger partial charge on any atom is -0.462 e. The Labute approximate surface area is 168 Å². The Hall–Kier alpha value is -3.26. The lowest BCUT2D eigenvalue weighted by molar-refractivity contribution is 0.0524. The van der Waals surface area contributed by atoms with Crippen LogP contribution in [0.4, 0.5) is 5.95 Å². The maximum Gasteiger partial charge on any atom is 0.343 e. The van der Waals surface area contributed by atoms with E-state index in [0.717, 1.165) is 31.7 Å². The van der Waals surface area contributed by atoms with Gasteiger partial charge in [-0.3, -0.25) is 4.79 Å². The highest BCUT2D eigenvalue weighted by molar-refractivity contribution is 5.93. The molecule has 1 aliphatic heterocycles. The number of anilines is 1. The van der Waals surface area contributed by atoms with Crippen LogP contribution in [0, 0.1) is 0 Å². The van der Waals surface area contributed by atoms with Crippen LogP contribution in [-0.4, -0.2) is 53.3 Å². The molecule has 0 saturated carbocycles. The molecule has 3 aromatic rings. The van der Waals surface area contributed by atoms with Crippen molar-refractivity contribution < 1.29 is 9.53 Å². The molecule has 0 aliphatic carbocycles. The number of carbonyl (C=O) groups excluding carboxylic acids is 1. The summed E-state index contributed by atoms with van der Waals surface area (Å²) in [5.41, 5.74) is 1.13. The van der Waals surface area contributed by atoms with E-state index in [2.05, 4.69) is 15.2 Å². The first-order chi connectivity index (χ1) is 14.2. The van der Waals surface area contributed by atoms with Crippen molar-refractivity contribution in [3.8, 4) is 0 Å². The zero-order chi connectivity index (χ0) is 20.2. The van der Waals surface area contributed by atoms with Gasteiger partial charge in [0.15, 0.2) is 0 Å². The topological polar surface area (TPSA) is 89.3 Å². The van der Waals surface area contributed by atoms with E-state index in [1.807, 2.05) is 34.9 Å². The molecular formula is C21H23N5O3. The molecule has 0 atom stereocenters. The zero-order valence-electron chi connectivity index (χ0n) is 16.3. The van der Waals surface area contributed by atoms with E-state index in [4.69, 9.17) is 9.72 Å². The second-order valence-electron chi connectivity index (χ2n) is 6.85. The van der Waals surface area contributed by atoms with Crippen molar-refractivity contribution in [1.82, 2.24) is 19.9 Å². The number of hydrogen-bond acceptors (Lipinski definition) is 7. The van der Waals surface area contributed by atoms with Gasteiger partial charge < -0.3 is 19.5 Å². The van der Waals surface area contributed by atoms with Gasteiger partial charge in [0.1, 0.15) is 11.2 Å². The van der Waals surface area contributed by atoms with Crippen molar-refractivity contribution in [1.29, 1.82) is 0 Å². The number of piperazine rings is 1. The fraction of sp³-hybridized carbons (Fsp3) is 0.333. The van der Waals surface area contributed by atoms with Crippen LogP contribution < -0.4 is 15.6 Å². The number of benzene rings is 1. The third-order valence-electron chi connectivity index (χ3n) is 4.89. The lowest BCUT2D eigenvalue weighted by atomic mass is 10.2. The Bertz CT molecular complexity index is 1070. The quantitative estimate of drug-likeness (QED) is 0.656. The molecule has 150 valence electrons. The van der Waals surface area contributed by atoms with E-state index in [-0.39, 0.29) is 12.2 Å². The number of rotatable bonds is 5. The largest absolute Gasteiger partial charge is 0.462 e. The summed E-state index contributed by atoms with van der Waals surface area (Å²) in [6, 6.07) is 9.83. The third kappa shape index (κ3) is 3.97. The zero-order valence-corrected chi connectivity index (χ0v) is 16.3. The van der Waals surface area contributed by atoms with E-state index in [9.17, 15) is 9.59 Å². The smallest absolute Gasteiger partial charge is 0.343 e. The number of pyridine rings is 1. The molecule has 1 aromatic carbocycles. The monoisotopic (exact) mass is 393 g/mol. The highest BCUT2D eigenvalue weighted by atomic mass is 16.5. The van der Waals surface area contributed by atoms with E-state index in [0.29, 0.717) is 23.5 Å². The first-order valence-electron chi connectivity index (χ1n) is 9.74. The minimum atomic E-state index is -0.632. The van der Waals surface area contributed by atoms with Gasteiger partial charge in [0, 0.05) is 45.1 Å². The predicted octanol–water partition coefficient (Wildman–Crippen LogP) is 1.43. The Kier molecular flexibility index (Phi) is 5.53. The van der Waals surface area contributed by atoms with Crippen molar-refractivity contribution in [2.24, 2.45) is 0 Å². The van der Waals surface area contributed by atoms with Crippen LogP contribution in [-0.2, 0) is 11.3 Å². The first kappa shape index (κ1) is 19.1. The molecular weight excluding hydrogens is 370 g/mol. The molecule has 8 heteroatoms. The maximum atomic E-state index is 12.9. The number of nitrogens with one attached hydrogen (secondary N) is 1. The average Bonchev–Trinajstić information content (AvgIpc) is 2.77. The van der Waals surface area contributed by atoms with Gasteiger partial charge in [0.2, 0.25) is 11.4 Å². The normalized spacial score (nSPS) is 14.2. The summed E-state index contributed by atoms with van der Waals surface area (Å²) >= 11 is 0. The van der Waals surface area contributed by atoms with Crippen LogP contribution in [0.1, 0.15) is 22.8 Å². The summed E-state index contributed by atoms with van der Waals surface area (Å²) in [6.45, 7) is 5.71. The first-order valence-corrected chi connectivity index (χ1v) is 9.74. The molecule has 1 fully saturated rings. The number of esters is 1. The number of nitrogens with zero attached hydrogens (tertiary/aromatic N) is 4. The van der Waals surface area contributed by atoms with Crippen molar-refractivity contribution in [2.45, 2.75) is 13.5 Å². The van der Waals surface area contributed by atoms with Crippen LogP contribution in [0.2, 0.25) is 0 Å². The molecule has 29 heavy (non-hydrogen) atoms. The van der Waals surface area contributed by atoms with Crippen LogP contribution in [0.15, 0.2) is 47.5 Å². The van der Waals surface area contributed by atoms with Gasteiger partial charge in [-0.1, -0.05) is 30.3 Å². The van der Waals surface area contributed by atoms with E-state index in [1.165, 1.54) is 6.20 Å². The molecule has 0 radical (unpaired) electrons. The summed E-state index contributed by atoms with van der Waals surface area (Å²) in [7, 11) is 0. The molecule has 1 N–H and O–H groups in total. The standard InChI is InChI=1S/C21H23N5O3/c1-2-29-20(28)17-14-26(13-15-6-4-3-5-7-15)19-16(18(17)27)12-23-21(24-19)25-10-8-22-9-11-25/h3-7,12,14,22H,2,8-11,13H2,1H3. The summed E-state index contributed by atoms with van der Waals surface area (Å²) in [5, 5.41) is 3.61. The number of aromatic nitrogens is 3. The SMILES string of the molecule is CCOC(=O)c1cn(Cc2ccccc2)c2nc(N3CCNCC3)ncc2c1=O. The molecule has 8 nitrogen and oxygen atoms in total.